The van der Waals surface area contributed by atoms with Gasteiger partial charge in [-0.2, -0.15) is 5.26 Å². The number of halogens is 3. The molecule has 74 valence electrons. The maximum Gasteiger partial charge on any atom is 0.265 e. The number of nitriles is 1. The van der Waals surface area contributed by atoms with E-state index in [0.717, 1.165) is 6.20 Å². The monoisotopic (exact) mass is 201 g/mol. The second-order valence-corrected chi connectivity index (χ2v) is 2.53. The zero-order chi connectivity index (χ0) is 10.7. The second-order valence-electron chi connectivity index (χ2n) is 2.53. The number of hydrogen-bond donors (Lipinski definition) is 1. The predicted molar refractivity (Wildman–Crippen MR) is 42.9 cm³/mol. The first-order valence-electron chi connectivity index (χ1n) is 3.65. The highest BCUT2D eigenvalue weighted by molar-refractivity contribution is 5.41. The van der Waals surface area contributed by atoms with E-state index in [1.54, 1.807) is 6.07 Å². The van der Waals surface area contributed by atoms with E-state index in [0.29, 0.717) is 0 Å². The Morgan fingerprint density at radius 1 is 1.57 bits per heavy atom. The summed E-state index contributed by atoms with van der Waals surface area (Å²) < 4.78 is 37.7. The van der Waals surface area contributed by atoms with Gasteiger partial charge in [-0.05, 0) is 0 Å². The molecule has 0 aliphatic carbocycles. The minimum absolute atomic E-state index is 0.380. The Labute approximate surface area is 78.0 Å². The Kier molecular flexibility index (Phi) is 2.92. The summed E-state index contributed by atoms with van der Waals surface area (Å²) in [6.07, 6.45) is -2.52. The summed E-state index contributed by atoms with van der Waals surface area (Å²) in [5.74, 6) is -1.51. The summed E-state index contributed by atoms with van der Waals surface area (Å²) in [4.78, 5) is 3.26. The van der Waals surface area contributed by atoms with Crippen molar-refractivity contribution in [1.29, 1.82) is 5.26 Å². The zero-order valence-electron chi connectivity index (χ0n) is 6.97. The molecule has 1 aromatic heterocycles. The van der Waals surface area contributed by atoms with Crippen LogP contribution in [0.3, 0.4) is 0 Å². The molecule has 1 heterocycles. The number of nitrogen functional groups attached to an aromatic ring is 1. The normalized spacial score (nSPS) is 10.2. The molecule has 0 atom stereocenters. The molecule has 0 unspecified atom stereocenters. The van der Waals surface area contributed by atoms with Gasteiger partial charge in [0, 0.05) is 17.3 Å². The van der Waals surface area contributed by atoms with Crippen LogP contribution in [0.4, 0.5) is 19.0 Å². The number of nitrogens with zero attached hydrogens (tertiary/aromatic N) is 2. The van der Waals surface area contributed by atoms with Gasteiger partial charge in [-0.15, -0.1) is 0 Å². The number of alkyl halides is 2. The van der Waals surface area contributed by atoms with Crippen LogP contribution in [0.15, 0.2) is 6.20 Å². The standard InChI is InChI=1S/C8H6F3N3/c9-6-4(1-2-12)5(7(10)11)3-14-8(6)13/h3,7H,1H2,(H2,13,14). The van der Waals surface area contributed by atoms with Gasteiger partial charge in [-0.3, -0.25) is 0 Å². The summed E-state index contributed by atoms with van der Waals surface area (Å²) in [6, 6.07) is 1.59. The SMILES string of the molecule is N#CCc1c(C(F)F)cnc(N)c1F. The van der Waals surface area contributed by atoms with E-state index >= 15 is 0 Å². The minimum Gasteiger partial charge on any atom is -0.381 e. The number of pyridine rings is 1. The third-order valence-corrected chi connectivity index (χ3v) is 1.67. The van der Waals surface area contributed by atoms with Gasteiger partial charge in [-0.25, -0.2) is 18.2 Å². The maximum absolute atomic E-state index is 13.1. The molecule has 6 heteroatoms. The lowest BCUT2D eigenvalue weighted by Gasteiger charge is -2.07. The molecule has 0 amide bonds. The van der Waals surface area contributed by atoms with Gasteiger partial charge in [-0.1, -0.05) is 0 Å². The van der Waals surface area contributed by atoms with E-state index in [1.807, 2.05) is 0 Å². The van der Waals surface area contributed by atoms with Crippen LogP contribution in [0.1, 0.15) is 17.6 Å². The molecule has 3 nitrogen and oxygen atoms in total. The molecule has 0 aliphatic rings. The van der Waals surface area contributed by atoms with E-state index < -0.39 is 30.0 Å². The Bertz CT molecular complexity index is 384. The molecule has 1 rings (SSSR count). The van der Waals surface area contributed by atoms with E-state index in [2.05, 4.69) is 4.98 Å². The lowest BCUT2D eigenvalue weighted by atomic mass is 10.1. The lowest BCUT2D eigenvalue weighted by molar-refractivity contribution is 0.149. The number of nitrogens with two attached hydrogens (primary N) is 1. The number of aromatic nitrogens is 1. The number of rotatable bonds is 2. The Morgan fingerprint density at radius 2 is 2.21 bits per heavy atom. The van der Waals surface area contributed by atoms with Crippen LogP contribution in [0.5, 0.6) is 0 Å². The van der Waals surface area contributed by atoms with E-state index in [-0.39, 0.29) is 5.56 Å². The van der Waals surface area contributed by atoms with Crippen molar-refractivity contribution >= 4 is 5.82 Å². The van der Waals surface area contributed by atoms with Gasteiger partial charge in [0.05, 0.1) is 12.5 Å². The predicted octanol–water partition coefficient (Wildman–Crippen LogP) is 1.81. The molecule has 0 spiro atoms. The molecule has 0 fully saturated rings. The fraction of sp³-hybridized carbons (Fsp3) is 0.250. The smallest absolute Gasteiger partial charge is 0.265 e. The summed E-state index contributed by atoms with van der Waals surface area (Å²) in [5, 5.41) is 8.32. The van der Waals surface area contributed by atoms with Crippen molar-refractivity contribution in [2.45, 2.75) is 12.8 Å². The topological polar surface area (TPSA) is 62.7 Å². The van der Waals surface area contributed by atoms with Crippen molar-refractivity contribution in [3.63, 3.8) is 0 Å². The fourth-order valence-corrected chi connectivity index (χ4v) is 1.00. The van der Waals surface area contributed by atoms with Crippen molar-refractivity contribution in [3.05, 3.63) is 23.1 Å². The Hall–Kier alpha value is -1.77. The molecular formula is C8H6F3N3. The molecule has 1 aromatic rings. The summed E-state index contributed by atoms with van der Waals surface area (Å²) in [5.41, 5.74) is 4.11. The average molecular weight is 201 g/mol. The van der Waals surface area contributed by atoms with Crippen LogP contribution in [-0.2, 0) is 6.42 Å². The zero-order valence-corrected chi connectivity index (χ0v) is 6.97. The third kappa shape index (κ3) is 1.76. The van der Waals surface area contributed by atoms with Crippen LogP contribution in [0.25, 0.3) is 0 Å². The van der Waals surface area contributed by atoms with Gasteiger partial charge >= 0.3 is 0 Å². The third-order valence-electron chi connectivity index (χ3n) is 1.67. The molecule has 0 aliphatic heterocycles. The van der Waals surface area contributed by atoms with Crippen molar-refractivity contribution < 1.29 is 13.2 Å². The highest BCUT2D eigenvalue weighted by atomic mass is 19.3. The summed E-state index contributed by atoms with van der Waals surface area (Å²) in [7, 11) is 0. The van der Waals surface area contributed by atoms with Crippen LogP contribution in [-0.4, -0.2) is 4.98 Å². The second kappa shape index (κ2) is 3.96. The molecule has 0 saturated heterocycles. The van der Waals surface area contributed by atoms with Crippen molar-refractivity contribution in [3.8, 4) is 6.07 Å². The molecule has 0 radical (unpaired) electrons. The average Bonchev–Trinajstić information content (AvgIpc) is 2.13. The van der Waals surface area contributed by atoms with Crippen LogP contribution < -0.4 is 5.73 Å². The first kappa shape index (κ1) is 10.3. The van der Waals surface area contributed by atoms with E-state index in [4.69, 9.17) is 11.0 Å². The molecule has 14 heavy (non-hydrogen) atoms. The first-order chi connectivity index (χ1) is 6.57. The molecule has 2 N–H and O–H groups in total. The molecule has 0 aromatic carbocycles. The van der Waals surface area contributed by atoms with Crippen molar-refractivity contribution in [1.82, 2.24) is 4.98 Å². The van der Waals surface area contributed by atoms with Crippen molar-refractivity contribution in [2.24, 2.45) is 0 Å². The van der Waals surface area contributed by atoms with Gasteiger partial charge in [0.2, 0.25) is 0 Å². The Morgan fingerprint density at radius 3 is 2.71 bits per heavy atom. The molecule has 0 saturated carbocycles. The number of hydrogen-bond acceptors (Lipinski definition) is 3. The Balaban J connectivity index is 3.31. The first-order valence-corrected chi connectivity index (χ1v) is 3.65. The summed E-state index contributed by atoms with van der Waals surface area (Å²) in [6.45, 7) is 0. The highest BCUT2D eigenvalue weighted by Crippen LogP contribution is 2.26. The number of anilines is 1. The van der Waals surface area contributed by atoms with Gasteiger partial charge < -0.3 is 5.73 Å². The van der Waals surface area contributed by atoms with E-state index in [1.165, 1.54) is 0 Å². The van der Waals surface area contributed by atoms with E-state index in [9.17, 15) is 13.2 Å². The van der Waals surface area contributed by atoms with Crippen LogP contribution in [0, 0.1) is 17.1 Å². The highest BCUT2D eigenvalue weighted by Gasteiger charge is 2.19. The fourth-order valence-electron chi connectivity index (χ4n) is 1.00. The largest absolute Gasteiger partial charge is 0.381 e. The van der Waals surface area contributed by atoms with Gasteiger partial charge in [0.1, 0.15) is 0 Å². The molecular weight excluding hydrogens is 195 g/mol. The lowest BCUT2D eigenvalue weighted by Crippen LogP contribution is -2.04. The van der Waals surface area contributed by atoms with Gasteiger partial charge in [0.15, 0.2) is 11.6 Å². The van der Waals surface area contributed by atoms with Crippen molar-refractivity contribution in [2.75, 3.05) is 5.73 Å². The maximum atomic E-state index is 13.1. The van der Waals surface area contributed by atoms with Crippen LogP contribution >= 0.6 is 0 Å². The minimum atomic E-state index is -2.86. The summed E-state index contributed by atoms with van der Waals surface area (Å²) >= 11 is 0. The molecule has 0 bridgehead atoms. The van der Waals surface area contributed by atoms with Crippen LogP contribution in [0.2, 0.25) is 0 Å². The quantitative estimate of drug-likeness (QED) is 0.793. The van der Waals surface area contributed by atoms with Gasteiger partial charge in [0.25, 0.3) is 6.43 Å².